The van der Waals surface area contributed by atoms with E-state index in [1.165, 1.54) is 0 Å². The fourth-order valence-corrected chi connectivity index (χ4v) is 1.76. The van der Waals surface area contributed by atoms with Gasteiger partial charge in [-0.1, -0.05) is 0 Å². The molecular weight excluding hydrogens is 202 g/mol. The number of rotatable bonds is 5. The van der Waals surface area contributed by atoms with Gasteiger partial charge in [-0.2, -0.15) is 8.42 Å². The molecule has 0 aliphatic heterocycles. The smallest absolute Gasteiger partial charge is 0.270 e. The minimum atomic E-state index is -4.52. The van der Waals surface area contributed by atoms with Crippen molar-refractivity contribution in [2.75, 3.05) is 6.54 Å². The van der Waals surface area contributed by atoms with Gasteiger partial charge in [-0.15, -0.1) is 0 Å². The van der Waals surface area contributed by atoms with Gasteiger partial charge in [0, 0.05) is 13.0 Å². The fourth-order valence-electron chi connectivity index (χ4n) is 0.837. The summed E-state index contributed by atoms with van der Waals surface area (Å²) >= 11 is 0. The standard InChI is InChI=1S/C5H13NO6S/c6-2-3(7)4(1-5(8)9)13(10,11)12/h3-5,7-9H,1-2,6H2,(H,10,11,12). The molecule has 0 aromatic heterocycles. The van der Waals surface area contributed by atoms with Crippen LogP contribution in [0, 0.1) is 0 Å². The molecule has 0 saturated heterocycles. The molecule has 0 rings (SSSR count). The lowest BCUT2D eigenvalue weighted by Crippen LogP contribution is -2.41. The monoisotopic (exact) mass is 215 g/mol. The van der Waals surface area contributed by atoms with E-state index in [4.69, 9.17) is 25.6 Å². The summed E-state index contributed by atoms with van der Waals surface area (Å²) in [6.07, 6.45) is -4.12. The molecule has 13 heavy (non-hydrogen) atoms. The number of nitrogens with two attached hydrogens (primary N) is 1. The first-order valence-corrected chi connectivity index (χ1v) is 5.00. The number of hydrogen-bond donors (Lipinski definition) is 5. The number of hydrogen-bond acceptors (Lipinski definition) is 6. The molecule has 0 aliphatic carbocycles. The van der Waals surface area contributed by atoms with Gasteiger partial charge in [0.1, 0.15) is 5.25 Å². The Hall–Kier alpha value is -0.250. The molecule has 0 aliphatic rings. The van der Waals surface area contributed by atoms with Gasteiger partial charge in [-0.05, 0) is 0 Å². The molecule has 0 radical (unpaired) electrons. The molecular formula is C5H13NO6S. The van der Waals surface area contributed by atoms with Crippen LogP contribution in [0.25, 0.3) is 0 Å². The van der Waals surface area contributed by atoms with Crippen LogP contribution in [-0.2, 0) is 10.1 Å². The Bertz CT molecular complexity index is 237. The predicted molar refractivity (Wildman–Crippen MR) is 43.2 cm³/mol. The molecule has 0 amide bonds. The van der Waals surface area contributed by atoms with E-state index in [2.05, 4.69) is 0 Å². The Morgan fingerprint density at radius 2 is 1.69 bits per heavy atom. The third kappa shape index (κ3) is 4.50. The van der Waals surface area contributed by atoms with Crippen LogP contribution in [0.4, 0.5) is 0 Å². The highest BCUT2D eigenvalue weighted by Crippen LogP contribution is 2.10. The van der Waals surface area contributed by atoms with Gasteiger partial charge in [-0.3, -0.25) is 4.55 Å². The van der Waals surface area contributed by atoms with E-state index in [1.807, 2.05) is 0 Å². The summed E-state index contributed by atoms with van der Waals surface area (Å²) in [5.41, 5.74) is 4.96. The molecule has 6 N–H and O–H groups in total. The van der Waals surface area contributed by atoms with Crippen LogP contribution in [0.1, 0.15) is 6.42 Å². The Morgan fingerprint density at radius 1 is 1.23 bits per heavy atom. The first-order valence-electron chi connectivity index (χ1n) is 3.49. The normalized spacial score (nSPS) is 17.4. The van der Waals surface area contributed by atoms with E-state index in [0.717, 1.165) is 0 Å². The summed E-state index contributed by atoms with van der Waals surface area (Å²) in [5, 5.41) is 24.3. The maximum Gasteiger partial charge on any atom is 0.270 e. The quantitative estimate of drug-likeness (QED) is 0.247. The molecule has 2 unspecified atom stereocenters. The minimum absolute atomic E-state index is 0.392. The van der Waals surface area contributed by atoms with Crippen molar-refractivity contribution < 1.29 is 28.3 Å². The van der Waals surface area contributed by atoms with Crippen LogP contribution in [0.15, 0.2) is 0 Å². The van der Waals surface area contributed by atoms with Crippen LogP contribution >= 0.6 is 0 Å². The molecule has 0 saturated carbocycles. The molecule has 0 heterocycles. The first kappa shape index (κ1) is 12.8. The van der Waals surface area contributed by atoms with Crippen molar-refractivity contribution in [3.63, 3.8) is 0 Å². The second-order valence-corrected chi connectivity index (χ2v) is 4.21. The minimum Gasteiger partial charge on any atom is -0.390 e. The summed E-state index contributed by atoms with van der Waals surface area (Å²) in [6.45, 7) is -0.392. The first-order chi connectivity index (χ1) is 5.79. The second kappa shape index (κ2) is 4.84. The Kier molecular flexibility index (Phi) is 4.75. The van der Waals surface area contributed by atoms with Crippen molar-refractivity contribution >= 4 is 10.1 Å². The molecule has 80 valence electrons. The maximum absolute atomic E-state index is 10.6. The topological polar surface area (TPSA) is 141 Å². The summed E-state index contributed by atoms with van der Waals surface area (Å²) in [4.78, 5) is 0. The molecule has 0 fully saturated rings. The Balaban J connectivity index is 4.57. The zero-order valence-electron chi connectivity index (χ0n) is 6.74. The molecule has 0 bridgehead atoms. The van der Waals surface area contributed by atoms with Crippen molar-refractivity contribution in [2.45, 2.75) is 24.1 Å². The summed E-state index contributed by atoms with van der Waals surface area (Å²) < 4.78 is 29.7. The largest absolute Gasteiger partial charge is 0.390 e. The van der Waals surface area contributed by atoms with Crippen molar-refractivity contribution in [2.24, 2.45) is 5.73 Å². The third-order valence-corrected chi connectivity index (χ3v) is 2.77. The lowest BCUT2D eigenvalue weighted by atomic mass is 10.2. The van der Waals surface area contributed by atoms with Gasteiger partial charge in [0.05, 0.1) is 6.10 Å². The Morgan fingerprint density at radius 3 is 1.92 bits per heavy atom. The van der Waals surface area contributed by atoms with E-state index in [-0.39, 0.29) is 0 Å². The lowest BCUT2D eigenvalue weighted by Gasteiger charge is -2.19. The summed E-state index contributed by atoms with van der Waals surface area (Å²) in [7, 11) is -4.52. The van der Waals surface area contributed by atoms with Crippen molar-refractivity contribution in [3.8, 4) is 0 Å². The highest BCUT2D eigenvalue weighted by atomic mass is 32.2. The average Bonchev–Trinajstić information content (AvgIpc) is 1.96. The zero-order valence-corrected chi connectivity index (χ0v) is 7.55. The maximum atomic E-state index is 10.6. The molecule has 0 aromatic carbocycles. The van der Waals surface area contributed by atoms with Crippen LogP contribution in [-0.4, -0.2) is 52.5 Å². The second-order valence-electron chi connectivity index (χ2n) is 2.57. The Labute approximate surface area is 75.6 Å². The van der Waals surface area contributed by atoms with E-state index in [0.29, 0.717) is 0 Å². The zero-order chi connectivity index (χ0) is 10.6. The number of aliphatic hydroxyl groups is 3. The van der Waals surface area contributed by atoms with E-state index < -0.39 is 40.7 Å². The summed E-state index contributed by atoms with van der Waals surface area (Å²) in [6, 6.07) is 0. The van der Waals surface area contributed by atoms with Crippen LogP contribution in [0.2, 0.25) is 0 Å². The van der Waals surface area contributed by atoms with Crippen LogP contribution in [0.3, 0.4) is 0 Å². The third-order valence-electron chi connectivity index (χ3n) is 1.50. The van der Waals surface area contributed by atoms with Crippen LogP contribution in [0.5, 0.6) is 0 Å². The van der Waals surface area contributed by atoms with Crippen molar-refractivity contribution in [1.29, 1.82) is 0 Å². The van der Waals surface area contributed by atoms with E-state index >= 15 is 0 Å². The van der Waals surface area contributed by atoms with Gasteiger partial charge in [-0.25, -0.2) is 0 Å². The van der Waals surface area contributed by atoms with Crippen molar-refractivity contribution in [3.05, 3.63) is 0 Å². The molecule has 7 nitrogen and oxygen atoms in total. The van der Waals surface area contributed by atoms with Crippen LogP contribution < -0.4 is 5.73 Å². The predicted octanol–water partition coefficient (Wildman–Crippen LogP) is -2.74. The number of aliphatic hydroxyl groups excluding tert-OH is 2. The SMILES string of the molecule is NCC(O)C(CC(O)O)S(=O)(=O)O. The molecule has 0 spiro atoms. The van der Waals surface area contributed by atoms with Gasteiger partial charge in [0.25, 0.3) is 10.1 Å². The summed E-state index contributed by atoms with van der Waals surface area (Å²) in [5.74, 6) is 0. The van der Waals surface area contributed by atoms with Gasteiger partial charge in [0.15, 0.2) is 6.29 Å². The highest BCUT2D eigenvalue weighted by Gasteiger charge is 2.31. The van der Waals surface area contributed by atoms with Gasteiger partial charge >= 0.3 is 0 Å². The molecule has 8 heteroatoms. The van der Waals surface area contributed by atoms with Crippen molar-refractivity contribution in [1.82, 2.24) is 0 Å². The fraction of sp³-hybridized carbons (Fsp3) is 1.00. The van der Waals surface area contributed by atoms with E-state index in [9.17, 15) is 8.42 Å². The highest BCUT2D eigenvalue weighted by molar-refractivity contribution is 7.86. The molecule has 0 aromatic rings. The van der Waals surface area contributed by atoms with Gasteiger partial charge < -0.3 is 21.1 Å². The average molecular weight is 215 g/mol. The van der Waals surface area contributed by atoms with E-state index in [1.54, 1.807) is 0 Å². The van der Waals surface area contributed by atoms with Gasteiger partial charge in [0.2, 0.25) is 0 Å². The molecule has 2 atom stereocenters. The lowest BCUT2D eigenvalue weighted by molar-refractivity contribution is -0.0519.